The second kappa shape index (κ2) is 7.81. The van der Waals surface area contributed by atoms with E-state index >= 15 is 0 Å². The van der Waals surface area contributed by atoms with Crippen LogP contribution in [0.2, 0.25) is 5.02 Å². The molecule has 0 saturated carbocycles. The summed E-state index contributed by atoms with van der Waals surface area (Å²) in [4.78, 5) is 21.2. The first kappa shape index (κ1) is 18.8. The summed E-state index contributed by atoms with van der Waals surface area (Å²) in [5.74, 6) is 0.716. The number of carbonyl (C=O) groups is 1. The second-order valence-corrected chi connectivity index (χ2v) is 7.59. The van der Waals surface area contributed by atoms with E-state index in [1.807, 2.05) is 55.1 Å². The fraction of sp³-hybridized carbons (Fsp3) is 0.333. The molecule has 7 heteroatoms. The van der Waals surface area contributed by atoms with Crippen molar-refractivity contribution in [3.63, 3.8) is 0 Å². The van der Waals surface area contributed by atoms with E-state index in [-0.39, 0.29) is 6.03 Å². The number of carbonyl (C=O) groups excluding carboxylic acids is 1. The number of halogens is 1. The number of amides is 2. The number of benzene rings is 2. The molecule has 2 heterocycles. The molecule has 0 aliphatic carbocycles. The van der Waals surface area contributed by atoms with Gasteiger partial charge in [0.05, 0.1) is 6.54 Å². The molecule has 0 unspecified atom stereocenters. The van der Waals surface area contributed by atoms with Crippen LogP contribution in [0.15, 0.2) is 40.8 Å². The number of urea groups is 1. The average Bonchev–Trinajstić information content (AvgIpc) is 3.07. The first-order chi connectivity index (χ1) is 13.5. The van der Waals surface area contributed by atoms with Crippen LogP contribution >= 0.6 is 11.6 Å². The van der Waals surface area contributed by atoms with Gasteiger partial charge >= 0.3 is 6.03 Å². The predicted molar refractivity (Wildman–Crippen MR) is 111 cm³/mol. The van der Waals surface area contributed by atoms with Gasteiger partial charge in [0.25, 0.3) is 0 Å². The van der Waals surface area contributed by atoms with Crippen LogP contribution in [0, 0.1) is 13.8 Å². The number of aryl methyl sites for hydroxylation is 1. The van der Waals surface area contributed by atoms with Gasteiger partial charge in [-0.15, -0.1) is 0 Å². The third-order valence-corrected chi connectivity index (χ3v) is 5.52. The van der Waals surface area contributed by atoms with Crippen LogP contribution in [0.1, 0.15) is 17.0 Å². The smallest absolute Gasteiger partial charge is 0.321 e. The first-order valence-electron chi connectivity index (χ1n) is 9.39. The van der Waals surface area contributed by atoms with Gasteiger partial charge in [0.2, 0.25) is 5.89 Å². The zero-order valence-corrected chi connectivity index (χ0v) is 16.8. The van der Waals surface area contributed by atoms with Crippen LogP contribution in [0.25, 0.3) is 11.1 Å². The van der Waals surface area contributed by atoms with Gasteiger partial charge in [0.1, 0.15) is 5.52 Å². The van der Waals surface area contributed by atoms with Crippen molar-refractivity contribution in [2.24, 2.45) is 0 Å². The molecule has 1 aliphatic rings. The molecule has 1 N–H and O–H groups in total. The van der Waals surface area contributed by atoms with Gasteiger partial charge in [-0.05, 0) is 49.2 Å². The Kier molecular flexibility index (Phi) is 5.24. The van der Waals surface area contributed by atoms with Crippen molar-refractivity contribution >= 4 is 34.4 Å². The lowest BCUT2D eigenvalue weighted by atomic mass is 10.2. The number of rotatable bonds is 3. The SMILES string of the molecule is Cc1ccc2oc(CN3CCN(C(=O)Nc4cccc(Cl)c4C)CC3)nc2c1. The van der Waals surface area contributed by atoms with Crippen LogP contribution in [-0.2, 0) is 6.54 Å². The van der Waals surface area contributed by atoms with Gasteiger partial charge in [-0.2, -0.15) is 0 Å². The minimum Gasteiger partial charge on any atom is -0.439 e. The summed E-state index contributed by atoms with van der Waals surface area (Å²) in [6, 6.07) is 11.4. The molecule has 1 aromatic heterocycles. The number of anilines is 1. The van der Waals surface area contributed by atoms with Gasteiger partial charge in [-0.25, -0.2) is 9.78 Å². The zero-order chi connectivity index (χ0) is 19.7. The van der Waals surface area contributed by atoms with Crippen molar-refractivity contribution in [1.29, 1.82) is 0 Å². The highest BCUT2D eigenvalue weighted by molar-refractivity contribution is 6.31. The van der Waals surface area contributed by atoms with Crippen LogP contribution in [-0.4, -0.2) is 47.0 Å². The fourth-order valence-corrected chi connectivity index (χ4v) is 3.56. The molecule has 1 saturated heterocycles. The fourth-order valence-electron chi connectivity index (χ4n) is 3.39. The third-order valence-electron chi connectivity index (χ3n) is 5.12. The van der Waals surface area contributed by atoms with Gasteiger partial charge in [-0.1, -0.05) is 23.7 Å². The second-order valence-electron chi connectivity index (χ2n) is 7.18. The summed E-state index contributed by atoms with van der Waals surface area (Å²) in [6.07, 6.45) is 0. The molecule has 0 spiro atoms. The van der Waals surface area contributed by atoms with Crippen LogP contribution < -0.4 is 5.32 Å². The predicted octanol–water partition coefficient (Wildman–Crippen LogP) is 4.45. The standard InChI is InChI=1S/C21H23ClN4O2/c1-14-6-7-19-18(12-14)23-20(28-19)13-25-8-10-26(11-9-25)21(27)24-17-5-3-4-16(22)15(17)2/h3-7,12H,8-11,13H2,1-2H3,(H,24,27). The normalized spacial score (nSPS) is 15.2. The molecule has 2 aromatic carbocycles. The van der Waals surface area contributed by atoms with Crippen molar-refractivity contribution in [2.75, 3.05) is 31.5 Å². The maximum Gasteiger partial charge on any atom is 0.321 e. The highest BCUT2D eigenvalue weighted by Crippen LogP contribution is 2.23. The molecule has 0 atom stereocenters. The molecule has 1 fully saturated rings. The maximum atomic E-state index is 12.6. The molecule has 3 aromatic rings. The summed E-state index contributed by atoms with van der Waals surface area (Å²) < 4.78 is 5.85. The summed E-state index contributed by atoms with van der Waals surface area (Å²) in [5, 5.41) is 3.61. The van der Waals surface area contributed by atoms with E-state index in [0.29, 0.717) is 30.5 Å². The Balaban J connectivity index is 1.33. The Morgan fingerprint density at radius 3 is 2.75 bits per heavy atom. The summed E-state index contributed by atoms with van der Waals surface area (Å²) >= 11 is 6.13. The van der Waals surface area contributed by atoms with E-state index in [2.05, 4.69) is 15.2 Å². The largest absolute Gasteiger partial charge is 0.439 e. The van der Waals surface area contributed by atoms with E-state index in [1.165, 1.54) is 5.56 Å². The van der Waals surface area contributed by atoms with E-state index in [1.54, 1.807) is 0 Å². The summed E-state index contributed by atoms with van der Waals surface area (Å²) in [5.41, 5.74) is 4.51. The van der Waals surface area contributed by atoms with Gasteiger partial charge in [0.15, 0.2) is 5.58 Å². The van der Waals surface area contributed by atoms with E-state index in [9.17, 15) is 4.79 Å². The number of hydrogen-bond acceptors (Lipinski definition) is 4. The summed E-state index contributed by atoms with van der Waals surface area (Å²) in [7, 11) is 0. The van der Waals surface area contributed by atoms with Crippen LogP contribution in [0.3, 0.4) is 0 Å². The Hall–Kier alpha value is -2.57. The number of aromatic nitrogens is 1. The Labute approximate surface area is 169 Å². The molecule has 1 aliphatic heterocycles. The Bertz CT molecular complexity index is 1010. The lowest BCUT2D eigenvalue weighted by molar-refractivity contribution is 0.136. The highest BCUT2D eigenvalue weighted by Gasteiger charge is 2.23. The van der Waals surface area contributed by atoms with Gasteiger partial charge in [-0.3, -0.25) is 4.90 Å². The molecule has 0 radical (unpaired) electrons. The minimum atomic E-state index is -0.0950. The number of nitrogens with one attached hydrogen (secondary N) is 1. The van der Waals surface area contributed by atoms with E-state index in [0.717, 1.165) is 35.4 Å². The zero-order valence-electron chi connectivity index (χ0n) is 16.0. The monoisotopic (exact) mass is 398 g/mol. The molecule has 2 amide bonds. The van der Waals surface area contributed by atoms with Crippen LogP contribution in [0.4, 0.5) is 10.5 Å². The minimum absolute atomic E-state index is 0.0950. The topological polar surface area (TPSA) is 61.6 Å². The number of hydrogen-bond donors (Lipinski definition) is 1. The van der Waals surface area contributed by atoms with Crippen molar-refractivity contribution in [3.05, 3.63) is 58.4 Å². The maximum absolute atomic E-state index is 12.6. The number of oxazole rings is 1. The van der Waals surface area contributed by atoms with E-state index < -0.39 is 0 Å². The molecular formula is C21H23ClN4O2. The van der Waals surface area contributed by atoms with E-state index in [4.69, 9.17) is 16.0 Å². The van der Waals surface area contributed by atoms with Crippen molar-refractivity contribution in [3.8, 4) is 0 Å². The van der Waals surface area contributed by atoms with Crippen LogP contribution in [0.5, 0.6) is 0 Å². The highest BCUT2D eigenvalue weighted by atomic mass is 35.5. The molecule has 6 nitrogen and oxygen atoms in total. The number of piperazine rings is 1. The van der Waals surface area contributed by atoms with Crippen molar-refractivity contribution < 1.29 is 9.21 Å². The Morgan fingerprint density at radius 2 is 1.96 bits per heavy atom. The third kappa shape index (κ3) is 3.98. The molecule has 28 heavy (non-hydrogen) atoms. The molecule has 0 bridgehead atoms. The number of nitrogens with zero attached hydrogens (tertiary/aromatic N) is 3. The average molecular weight is 399 g/mol. The molecular weight excluding hydrogens is 376 g/mol. The summed E-state index contributed by atoms with van der Waals surface area (Å²) in [6.45, 7) is 7.46. The Morgan fingerprint density at radius 1 is 1.18 bits per heavy atom. The molecule has 4 rings (SSSR count). The molecule has 146 valence electrons. The van der Waals surface area contributed by atoms with Gasteiger partial charge in [0, 0.05) is 36.9 Å². The lowest BCUT2D eigenvalue weighted by Crippen LogP contribution is -2.49. The quantitative estimate of drug-likeness (QED) is 0.708. The number of fused-ring (bicyclic) bond motifs is 1. The first-order valence-corrected chi connectivity index (χ1v) is 9.77. The van der Waals surface area contributed by atoms with Gasteiger partial charge < -0.3 is 14.6 Å². The lowest BCUT2D eigenvalue weighted by Gasteiger charge is -2.34. The van der Waals surface area contributed by atoms with Crippen molar-refractivity contribution in [1.82, 2.24) is 14.8 Å². The van der Waals surface area contributed by atoms with Crippen molar-refractivity contribution in [2.45, 2.75) is 20.4 Å².